The van der Waals surface area contributed by atoms with E-state index in [-0.39, 0.29) is 5.41 Å². The Bertz CT molecular complexity index is 317. The number of likely N-dealkylation sites (tertiary alicyclic amines) is 1. The van der Waals surface area contributed by atoms with E-state index in [0.29, 0.717) is 29.7 Å². The van der Waals surface area contributed by atoms with Gasteiger partial charge in [-0.3, -0.25) is 4.79 Å². The highest BCUT2D eigenvalue weighted by molar-refractivity contribution is 5.81. The second-order valence-electron chi connectivity index (χ2n) is 8.20. The number of nitrogens with one attached hydrogen (secondary N) is 1. The number of rotatable bonds is 4. The highest BCUT2D eigenvalue weighted by Crippen LogP contribution is 2.27. The Morgan fingerprint density at radius 3 is 2.25 bits per heavy atom. The van der Waals surface area contributed by atoms with E-state index in [1.807, 2.05) is 20.8 Å². The van der Waals surface area contributed by atoms with Gasteiger partial charge in [0.1, 0.15) is 0 Å². The summed E-state index contributed by atoms with van der Waals surface area (Å²) in [4.78, 5) is 14.7. The maximum absolute atomic E-state index is 12.6. The molecule has 0 aromatic rings. The molecule has 0 aliphatic carbocycles. The van der Waals surface area contributed by atoms with Crippen LogP contribution in [0.2, 0.25) is 0 Å². The lowest BCUT2D eigenvalue weighted by Gasteiger charge is -2.42. The van der Waals surface area contributed by atoms with E-state index < -0.39 is 0 Å². The predicted molar refractivity (Wildman–Crippen MR) is 85.6 cm³/mol. The smallest absolute Gasteiger partial charge is 0.228 e. The second-order valence-corrected chi connectivity index (χ2v) is 8.20. The number of piperidine rings is 1. The van der Waals surface area contributed by atoms with Crippen molar-refractivity contribution >= 4 is 5.91 Å². The minimum atomic E-state index is -0.276. The Morgan fingerprint density at radius 1 is 1.20 bits per heavy atom. The molecule has 0 aromatic heterocycles. The summed E-state index contributed by atoms with van der Waals surface area (Å²) in [6.45, 7) is 17.9. The zero-order valence-corrected chi connectivity index (χ0v) is 14.5. The maximum atomic E-state index is 12.6. The average molecular weight is 282 g/mol. The summed E-state index contributed by atoms with van der Waals surface area (Å²) < 4.78 is 0. The van der Waals surface area contributed by atoms with Crippen molar-refractivity contribution < 1.29 is 4.79 Å². The van der Waals surface area contributed by atoms with Gasteiger partial charge < -0.3 is 10.2 Å². The average Bonchev–Trinajstić information content (AvgIpc) is 2.33. The molecular weight excluding hydrogens is 248 g/mol. The van der Waals surface area contributed by atoms with E-state index in [4.69, 9.17) is 0 Å². The van der Waals surface area contributed by atoms with E-state index in [0.717, 1.165) is 19.6 Å². The first-order chi connectivity index (χ1) is 9.11. The molecule has 0 aromatic carbocycles. The lowest BCUT2D eigenvalue weighted by atomic mass is 9.83. The Morgan fingerprint density at radius 2 is 1.80 bits per heavy atom. The molecule has 1 rings (SSSR count). The van der Waals surface area contributed by atoms with Crippen molar-refractivity contribution in [3.63, 3.8) is 0 Å². The zero-order chi connectivity index (χ0) is 15.5. The van der Waals surface area contributed by atoms with Gasteiger partial charge in [-0.1, -0.05) is 48.5 Å². The van der Waals surface area contributed by atoms with Crippen LogP contribution in [0.15, 0.2) is 0 Å². The fourth-order valence-electron chi connectivity index (χ4n) is 2.81. The van der Waals surface area contributed by atoms with Gasteiger partial charge in [0.25, 0.3) is 0 Å². The second kappa shape index (κ2) is 6.93. The van der Waals surface area contributed by atoms with Crippen molar-refractivity contribution in [1.82, 2.24) is 10.2 Å². The molecule has 0 bridgehead atoms. The highest BCUT2D eigenvalue weighted by atomic mass is 16.2. The van der Waals surface area contributed by atoms with E-state index in [9.17, 15) is 4.79 Å². The third-order valence-electron chi connectivity index (χ3n) is 4.17. The Balaban J connectivity index is 2.73. The normalized spacial score (nSPS) is 24.6. The highest BCUT2D eigenvalue weighted by Gasteiger charge is 2.35. The van der Waals surface area contributed by atoms with E-state index in [1.54, 1.807) is 0 Å². The van der Waals surface area contributed by atoms with Crippen molar-refractivity contribution in [2.75, 3.05) is 19.6 Å². The molecule has 1 amide bonds. The molecular formula is C17H34N2O. The third-order valence-corrected chi connectivity index (χ3v) is 4.17. The van der Waals surface area contributed by atoms with Crippen LogP contribution in [0.5, 0.6) is 0 Å². The van der Waals surface area contributed by atoms with Crippen LogP contribution in [-0.2, 0) is 4.79 Å². The van der Waals surface area contributed by atoms with Gasteiger partial charge in [0.15, 0.2) is 0 Å². The number of carbonyl (C=O) groups excluding carboxylic acids is 1. The molecule has 1 aliphatic heterocycles. The number of hydrogen-bond donors (Lipinski definition) is 1. The molecule has 2 atom stereocenters. The van der Waals surface area contributed by atoms with Crippen molar-refractivity contribution in [2.45, 2.75) is 60.9 Å². The van der Waals surface area contributed by atoms with Gasteiger partial charge in [-0.15, -0.1) is 0 Å². The predicted octanol–water partition coefficient (Wildman–Crippen LogP) is 3.15. The number of amides is 1. The van der Waals surface area contributed by atoms with E-state index in [2.05, 4.69) is 37.9 Å². The summed E-state index contributed by atoms with van der Waals surface area (Å²) in [7, 11) is 0. The van der Waals surface area contributed by atoms with Crippen molar-refractivity contribution in [3.8, 4) is 0 Å². The molecule has 1 saturated heterocycles. The van der Waals surface area contributed by atoms with Crippen LogP contribution in [0.25, 0.3) is 0 Å². The SMILES string of the molecule is CC(C)CNC1CC(C(C)C)CN(C(=O)C(C)(C)C)C1. The first kappa shape index (κ1) is 17.5. The van der Waals surface area contributed by atoms with Crippen LogP contribution in [0, 0.1) is 23.2 Å². The van der Waals surface area contributed by atoms with Crippen LogP contribution >= 0.6 is 0 Å². The van der Waals surface area contributed by atoms with Gasteiger partial charge in [0.2, 0.25) is 5.91 Å². The number of carbonyl (C=O) groups is 1. The zero-order valence-electron chi connectivity index (χ0n) is 14.5. The molecule has 2 unspecified atom stereocenters. The Hall–Kier alpha value is -0.570. The van der Waals surface area contributed by atoms with E-state index >= 15 is 0 Å². The van der Waals surface area contributed by atoms with Gasteiger partial charge in [-0.05, 0) is 30.7 Å². The van der Waals surface area contributed by atoms with Crippen LogP contribution in [-0.4, -0.2) is 36.5 Å². The summed E-state index contributed by atoms with van der Waals surface area (Å²) in [6, 6.07) is 0.449. The standard InChI is InChI=1S/C17H34N2O/c1-12(2)9-18-15-8-14(13(3)4)10-19(11-15)16(20)17(5,6)7/h12-15,18H,8-11H2,1-7H3. The summed E-state index contributed by atoms with van der Waals surface area (Å²) in [6.07, 6.45) is 1.19. The molecule has 3 heteroatoms. The molecule has 3 nitrogen and oxygen atoms in total. The summed E-state index contributed by atoms with van der Waals surface area (Å²) >= 11 is 0. The molecule has 1 fully saturated rings. The topological polar surface area (TPSA) is 32.3 Å². The summed E-state index contributed by atoms with van der Waals surface area (Å²) in [5, 5.41) is 3.65. The Labute approximate surface area is 125 Å². The maximum Gasteiger partial charge on any atom is 0.228 e. The van der Waals surface area contributed by atoms with Gasteiger partial charge in [-0.25, -0.2) is 0 Å². The largest absolute Gasteiger partial charge is 0.340 e. The summed E-state index contributed by atoms with van der Waals surface area (Å²) in [5.41, 5.74) is -0.276. The fraction of sp³-hybridized carbons (Fsp3) is 0.941. The molecule has 1 N–H and O–H groups in total. The first-order valence-electron chi connectivity index (χ1n) is 8.14. The van der Waals surface area contributed by atoms with Crippen molar-refractivity contribution in [3.05, 3.63) is 0 Å². The molecule has 1 heterocycles. The first-order valence-corrected chi connectivity index (χ1v) is 8.14. The third kappa shape index (κ3) is 5.08. The lowest BCUT2D eigenvalue weighted by molar-refractivity contribution is -0.142. The van der Waals surface area contributed by atoms with Crippen molar-refractivity contribution in [1.29, 1.82) is 0 Å². The molecule has 0 spiro atoms. The van der Waals surface area contributed by atoms with Gasteiger partial charge in [0, 0.05) is 24.5 Å². The summed E-state index contributed by atoms with van der Waals surface area (Å²) in [5.74, 6) is 2.19. The fourth-order valence-corrected chi connectivity index (χ4v) is 2.81. The molecule has 20 heavy (non-hydrogen) atoms. The number of nitrogens with zero attached hydrogens (tertiary/aromatic N) is 1. The van der Waals surface area contributed by atoms with Crippen LogP contribution < -0.4 is 5.32 Å². The van der Waals surface area contributed by atoms with Crippen LogP contribution in [0.4, 0.5) is 0 Å². The van der Waals surface area contributed by atoms with E-state index in [1.165, 1.54) is 6.42 Å². The monoisotopic (exact) mass is 282 g/mol. The molecule has 0 saturated carbocycles. The lowest BCUT2D eigenvalue weighted by Crippen LogP contribution is -2.54. The number of hydrogen-bond acceptors (Lipinski definition) is 2. The van der Waals surface area contributed by atoms with Gasteiger partial charge in [0.05, 0.1) is 0 Å². The van der Waals surface area contributed by atoms with Crippen molar-refractivity contribution in [2.24, 2.45) is 23.2 Å². The molecule has 1 aliphatic rings. The minimum absolute atomic E-state index is 0.276. The molecule has 0 radical (unpaired) electrons. The Kier molecular flexibility index (Phi) is 6.06. The van der Waals surface area contributed by atoms with Crippen LogP contribution in [0.3, 0.4) is 0 Å². The van der Waals surface area contributed by atoms with Crippen LogP contribution in [0.1, 0.15) is 54.9 Å². The molecule has 118 valence electrons. The minimum Gasteiger partial charge on any atom is -0.340 e. The van der Waals surface area contributed by atoms with Gasteiger partial charge in [-0.2, -0.15) is 0 Å². The quantitative estimate of drug-likeness (QED) is 0.859. The van der Waals surface area contributed by atoms with Gasteiger partial charge >= 0.3 is 0 Å².